The summed E-state index contributed by atoms with van der Waals surface area (Å²) in [6.07, 6.45) is 2.83. The average Bonchev–Trinajstić information content (AvgIpc) is 2.29. The predicted molar refractivity (Wildman–Crippen MR) is 62.2 cm³/mol. The van der Waals surface area contributed by atoms with E-state index in [9.17, 15) is 9.90 Å². The number of aliphatic hydroxyl groups excluding tert-OH is 1. The molecule has 0 bridgehead atoms. The Hall–Kier alpha value is -1.65. The molecule has 1 rings (SSSR count). The van der Waals surface area contributed by atoms with Gasteiger partial charge < -0.3 is 15.9 Å². The van der Waals surface area contributed by atoms with Crippen LogP contribution in [-0.2, 0) is 0 Å². The SMILES string of the molecule is NCC/C(=C\CO)c1ccc(C=O)cc1O. The van der Waals surface area contributed by atoms with Crippen molar-refractivity contribution in [3.05, 3.63) is 35.4 Å². The van der Waals surface area contributed by atoms with Gasteiger partial charge in [0.05, 0.1) is 6.61 Å². The minimum absolute atomic E-state index is 0.0257. The van der Waals surface area contributed by atoms with Crippen molar-refractivity contribution in [3.8, 4) is 5.75 Å². The van der Waals surface area contributed by atoms with Gasteiger partial charge in [-0.25, -0.2) is 0 Å². The zero-order valence-electron chi connectivity index (χ0n) is 8.89. The number of carbonyl (C=O) groups is 1. The number of aldehydes is 1. The highest BCUT2D eigenvalue weighted by Crippen LogP contribution is 2.27. The van der Waals surface area contributed by atoms with Crippen molar-refractivity contribution in [1.29, 1.82) is 0 Å². The number of rotatable bonds is 5. The third kappa shape index (κ3) is 2.92. The maximum absolute atomic E-state index is 10.5. The van der Waals surface area contributed by atoms with E-state index < -0.39 is 0 Å². The number of benzene rings is 1. The fourth-order valence-corrected chi connectivity index (χ4v) is 1.51. The van der Waals surface area contributed by atoms with Crippen LogP contribution in [0, 0.1) is 0 Å². The molecular formula is C12H15NO3. The Bertz CT molecular complexity index is 399. The Morgan fingerprint density at radius 2 is 2.19 bits per heavy atom. The van der Waals surface area contributed by atoms with Gasteiger partial charge in [-0.2, -0.15) is 0 Å². The van der Waals surface area contributed by atoms with Gasteiger partial charge in [-0.3, -0.25) is 4.79 Å². The monoisotopic (exact) mass is 221 g/mol. The zero-order chi connectivity index (χ0) is 12.0. The van der Waals surface area contributed by atoms with Crippen molar-refractivity contribution >= 4 is 11.9 Å². The molecule has 0 aromatic heterocycles. The fourth-order valence-electron chi connectivity index (χ4n) is 1.51. The van der Waals surface area contributed by atoms with Crippen molar-refractivity contribution in [2.75, 3.05) is 13.2 Å². The van der Waals surface area contributed by atoms with Gasteiger partial charge in [0.1, 0.15) is 12.0 Å². The van der Waals surface area contributed by atoms with E-state index in [0.29, 0.717) is 30.4 Å². The molecular weight excluding hydrogens is 206 g/mol. The van der Waals surface area contributed by atoms with Gasteiger partial charge in [0.15, 0.2) is 0 Å². The molecule has 0 fully saturated rings. The largest absolute Gasteiger partial charge is 0.507 e. The van der Waals surface area contributed by atoms with Crippen molar-refractivity contribution in [2.45, 2.75) is 6.42 Å². The summed E-state index contributed by atoms with van der Waals surface area (Å²) in [5.41, 5.74) is 7.24. The lowest BCUT2D eigenvalue weighted by atomic mass is 10.00. The standard InChI is InChI=1S/C12H15NO3/c13-5-3-10(4-6-14)11-2-1-9(8-15)7-12(11)16/h1-2,4,7-8,14,16H,3,5-6,13H2/b10-4+. The van der Waals surface area contributed by atoms with Gasteiger partial charge >= 0.3 is 0 Å². The third-order valence-corrected chi connectivity index (χ3v) is 2.26. The van der Waals surface area contributed by atoms with Crippen LogP contribution in [0.15, 0.2) is 24.3 Å². The first-order valence-corrected chi connectivity index (χ1v) is 5.01. The van der Waals surface area contributed by atoms with Gasteiger partial charge in [-0.05, 0) is 24.6 Å². The van der Waals surface area contributed by atoms with Crippen LogP contribution >= 0.6 is 0 Å². The van der Waals surface area contributed by atoms with Crippen molar-refractivity contribution in [1.82, 2.24) is 0 Å². The predicted octanol–water partition coefficient (Wildman–Crippen LogP) is 0.929. The summed E-state index contributed by atoms with van der Waals surface area (Å²) in [5.74, 6) is 0.0257. The highest BCUT2D eigenvalue weighted by molar-refractivity contribution is 5.79. The second-order valence-electron chi connectivity index (χ2n) is 3.35. The number of carbonyl (C=O) groups excluding carboxylic acids is 1. The quantitative estimate of drug-likeness (QED) is 0.646. The molecule has 16 heavy (non-hydrogen) atoms. The smallest absolute Gasteiger partial charge is 0.150 e. The van der Waals surface area contributed by atoms with Crippen LogP contribution in [0.2, 0.25) is 0 Å². The van der Waals surface area contributed by atoms with E-state index in [1.807, 2.05) is 0 Å². The molecule has 0 saturated carbocycles. The Labute approximate surface area is 94.0 Å². The van der Waals surface area contributed by atoms with Crippen LogP contribution in [0.25, 0.3) is 5.57 Å². The molecule has 1 aromatic carbocycles. The second-order valence-corrected chi connectivity index (χ2v) is 3.35. The number of hydrogen-bond donors (Lipinski definition) is 3. The van der Waals surface area contributed by atoms with E-state index >= 15 is 0 Å². The lowest BCUT2D eigenvalue weighted by molar-refractivity contribution is 0.112. The number of phenolic OH excluding ortho intramolecular Hbond substituents is 1. The Morgan fingerprint density at radius 1 is 1.44 bits per heavy atom. The maximum atomic E-state index is 10.5. The van der Waals surface area contributed by atoms with Crippen molar-refractivity contribution < 1.29 is 15.0 Å². The minimum Gasteiger partial charge on any atom is -0.507 e. The second kappa shape index (κ2) is 6.05. The molecule has 4 nitrogen and oxygen atoms in total. The van der Waals surface area contributed by atoms with E-state index in [-0.39, 0.29) is 12.4 Å². The highest BCUT2D eigenvalue weighted by atomic mass is 16.3. The third-order valence-electron chi connectivity index (χ3n) is 2.26. The van der Waals surface area contributed by atoms with Crippen LogP contribution in [-0.4, -0.2) is 29.7 Å². The molecule has 1 aromatic rings. The first kappa shape index (κ1) is 12.4. The average molecular weight is 221 g/mol. The summed E-state index contributed by atoms with van der Waals surface area (Å²) in [4.78, 5) is 10.5. The summed E-state index contributed by atoms with van der Waals surface area (Å²) in [5, 5.41) is 18.6. The zero-order valence-corrected chi connectivity index (χ0v) is 8.89. The lowest BCUT2D eigenvalue weighted by Gasteiger charge is -2.09. The first-order chi connectivity index (χ1) is 7.72. The normalized spacial score (nSPS) is 11.5. The molecule has 0 atom stereocenters. The Balaban J connectivity index is 3.10. The van der Waals surface area contributed by atoms with Crippen LogP contribution in [0.4, 0.5) is 0 Å². The number of aliphatic hydroxyl groups is 1. The number of nitrogens with two attached hydrogens (primary N) is 1. The maximum Gasteiger partial charge on any atom is 0.150 e. The van der Waals surface area contributed by atoms with Gasteiger partial charge in [0.2, 0.25) is 0 Å². The molecule has 4 N–H and O–H groups in total. The molecule has 0 spiro atoms. The summed E-state index contributed by atoms with van der Waals surface area (Å²) in [7, 11) is 0. The Kier molecular flexibility index (Phi) is 4.69. The molecule has 86 valence electrons. The van der Waals surface area contributed by atoms with E-state index in [2.05, 4.69) is 0 Å². The molecule has 0 amide bonds. The van der Waals surface area contributed by atoms with E-state index in [4.69, 9.17) is 10.8 Å². The summed E-state index contributed by atoms with van der Waals surface area (Å²) in [6.45, 7) is 0.324. The van der Waals surface area contributed by atoms with Crippen molar-refractivity contribution in [2.24, 2.45) is 5.73 Å². The van der Waals surface area contributed by atoms with E-state index in [1.54, 1.807) is 18.2 Å². The first-order valence-electron chi connectivity index (χ1n) is 5.01. The van der Waals surface area contributed by atoms with Crippen molar-refractivity contribution in [3.63, 3.8) is 0 Å². The summed E-state index contributed by atoms with van der Waals surface area (Å²) >= 11 is 0. The molecule has 0 heterocycles. The molecule has 0 saturated heterocycles. The molecule has 0 aliphatic heterocycles. The number of hydrogen-bond acceptors (Lipinski definition) is 4. The van der Waals surface area contributed by atoms with Crippen LogP contribution in [0.3, 0.4) is 0 Å². The topological polar surface area (TPSA) is 83.5 Å². The van der Waals surface area contributed by atoms with Gasteiger partial charge in [0, 0.05) is 11.1 Å². The number of aromatic hydroxyl groups is 1. The molecule has 0 aliphatic carbocycles. The van der Waals surface area contributed by atoms with Gasteiger partial charge in [0.25, 0.3) is 0 Å². The molecule has 0 aliphatic rings. The van der Waals surface area contributed by atoms with E-state index in [1.165, 1.54) is 6.07 Å². The van der Waals surface area contributed by atoms with E-state index in [0.717, 1.165) is 5.57 Å². The van der Waals surface area contributed by atoms with Crippen LogP contribution in [0.1, 0.15) is 22.3 Å². The van der Waals surface area contributed by atoms with Crippen LogP contribution in [0.5, 0.6) is 5.75 Å². The van der Waals surface area contributed by atoms with Gasteiger partial charge in [-0.1, -0.05) is 18.2 Å². The lowest BCUT2D eigenvalue weighted by Crippen LogP contribution is -2.01. The van der Waals surface area contributed by atoms with Crippen LogP contribution < -0.4 is 5.73 Å². The number of phenols is 1. The summed E-state index contributed by atoms with van der Waals surface area (Å²) in [6, 6.07) is 4.66. The highest BCUT2D eigenvalue weighted by Gasteiger charge is 2.07. The Morgan fingerprint density at radius 3 is 2.69 bits per heavy atom. The summed E-state index contributed by atoms with van der Waals surface area (Å²) < 4.78 is 0. The van der Waals surface area contributed by atoms with Gasteiger partial charge in [-0.15, -0.1) is 0 Å². The fraction of sp³-hybridized carbons (Fsp3) is 0.250. The molecule has 0 radical (unpaired) electrons. The molecule has 0 unspecified atom stereocenters. The minimum atomic E-state index is -0.107. The molecule has 4 heteroatoms.